The maximum atomic E-state index is 11.8. The summed E-state index contributed by atoms with van der Waals surface area (Å²) in [4.78, 5) is 23.0. The van der Waals surface area contributed by atoms with Gasteiger partial charge in [-0.15, -0.1) is 12.4 Å². The Bertz CT molecular complexity index is 585. The molecule has 0 aromatic heterocycles. The number of hydrogen-bond acceptors (Lipinski definition) is 4. The number of nitrogens with one attached hydrogen (secondary N) is 3. The van der Waals surface area contributed by atoms with Gasteiger partial charge in [0.1, 0.15) is 6.04 Å². The van der Waals surface area contributed by atoms with Gasteiger partial charge in [-0.25, -0.2) is 0 Å². The zero-order valence-corrected chi connectivity index (χ0v) is 14.2. The van der Waals surface area contributed by atoms with Crippen LogP contribution < -0.4 is 16.0 Å². The second-order valence-corrected chi connectivity index (χ2v) is 6.24. The van der Waals surface area contributed by atoms with Gasteiger partial charge in [0.25, 0.3) is 0 Å². The highest BCUT2D eigenvalue weighted by atomic mass is 35.5. The van der Waals surface area contributed by atoms with Crippen molar-refractivity contribution in [1.29, 1.82) is 0 Å². The molecule has 1 unspecified atom stereocenters. The molecule has 5 nitrogen and oxygen atoms in total. The highest BCUT2D eigenvalue weighted by molar-refractivity contribution is 6.01. The SMILES string of the molecule is Cc1cc(NC2CCC(=O)NC2=O)ccc1C1CCNCC1.Cl. The van der Waals surface area contributed by atoms with E-state index in [0.29, 0.717) is 18.8 Å². The maximum Gasteiger partial charge on any atom is 0.249 e. The Morgan fingerprint density at radius 2 is 1.87 bits per heavy atom. The number of aryl methyl sites for hydroxylation is 1. The topological polar surface area (TPSA) is 70.2 Å². The molecule has 0 bridgehead atoms. The van der Waals surface area contributed by atoms with E-state index in [1.165, 1.54) is 24.0 Å². The highest BCUT2D eigenvalue weighted by Gasteiger charge is 2.26. The van der Waals surface area contributed by atoms with E-state index in [1.54, 1.807) is 0 Å². The van der Waals surface area contributed by atoms with E-state index < -0.39 is 0 Å². The summed E-state index contributed by atoms with van der Waals surface area (Å²) in [6.45, 7) is 4.30. The van der Waals surface area contributed by atoms with Gasteiger partial charge >= 0.3 is 0 Å². The Morgan fingerprint density at radius 3 is 2.52 bits per heavy atom. The van der Waals surface area contributed by atoms with Gasteiger partial charge in [0.15, 0.2) is 0 Å². The molecule has 6 heteroatoms. The van der Waals surface area contributed by atoms with Gasteiger partial charge in [-0.3, -0.25) is 14.9 Å². The minimum atomic E-state index is -0.318. The number of piperidine rings is 2. The van der Waals surface area contributed by atoms with Crippen LogP contribution in [0.1, 0.15) is 42.7 Å². The molecule has 2 fully saturated rings. The third kappa shape index (κ3) is 4.24. The van der Waals surface area contributed by atoms with Crippen LogP contribution in [0.3, 0.4) is 0 Å². The molecular weight excluding hydrogens is 314 g/mol. The summed E-state index contributed by atoms with van der Waals surface area (Å²) >= 11 is 0. The first-order valence-electron chi connectivity index (χ1n) is 8.05. The molecular formula is C17H24ClN3O2. The van der Waals surface area contributed by atoms with Gasteiger partial charge in [-0.05, 0) is 68.5 Å². The molecule has 1 aromatic rings. The van der Waals surface area contributed by atoms with Gasteiger partial charge in [0.2, 0.25) is 11.8 Å². The number of halogens is 1. The minimum Gasteiger partial charge on any atom is -0.374 e. The minimum absolute atomic E-state index is 0. The van der Waals surface area contributed by atoms with Crippen LogP contribution in [-0.2, 0) is 9.59 Å². The van der Waals surface area contributed by atoms with Crippen molar-refractivity contribution in [3.8, 4) is 0 Å². The molecule has 2 aliphatic rings. The number of rotatable bonds is 3. The molecule has 1 aromatic carbocycles. The largest absolute Gasteiger partial charge is 0.374 e. The molecule has 2 saturated heterocycles. The van der Waals surface area contributed by atoms with Crippen molar-refractivity contribution < 1.29 is 9.59 Å². The van der Waals surface area contributed by atoms with E-state index in [9.17, 15) is 9.59 Å². The van der Waals surface area contributed by atoms with E-state index in [2.05, 4.69) is 35.0 Å². The fraction of sp³-hybridized carbons (Fsp3) is 0.529. The van der Waals surface area contributed by atoms with Crippen LogP contribution in [-0.4, -0.2) is 30.9 Å². The van der Waals surface area contributed by atoms with Crippen LogP contribution in [0.15, 0.2) is 18.2 Å². The van der Waals surface area contributed by atoms with Gasteiger partial charge < -0.3 is 10.6 Å². The quantitative estimate of drug-likeness (QED) is 0.739. The molecule has 3 N–H and O–H groups in total. The normalized spacial score (nSPS) is 22.2. The van der Waals surface area contributed by atoms with E-state index >= 15 is 0 Å². The van der Waals surface area contributed by atoms with Crippen molar-refractivity contribution in [1.82, 2.24) is 10.6 Å². The lowest BCUT2D eigenvalue weighted by Crippen LogP contribution is -2.47. The summed E-state index contributed by atoms with van der Waals surface area (Å²) in [5.41, 5.74) is 3.63. The fourth-order valence-corrected chi connectivity index (χ4v) is 3.39. The van der Waals surface area contributed by atoms with Crippen LogP contribution in [0, 0.1) is 6.92 Å². The van der Waals surface area contributed by atoms with Crippen LogP contribution in [0.5, 0.6) is 0 Å². The molecule has 2 amide bonds. The Morgan fingerprint density at radius 1 is 1.13 bits per heavy atom. The summed E-state index contributed by atoms with van der Waals surface area (Å²) < 4.78 is 0. The third-order valence-corrected chi connectivity index (χ3v) is 4.63. The van der Waals surface area contributed by atoms with Crippen molar-refractivity contribution in [2.24, 2.45) is 0 Å². The molecule has 23 heavy (non-hydrogen) atoms. The van der Waals surface area contributed by atoms with Crippen LogP contribution in [0.25, 0.3) is 0 Å². The van der Waals surface area contributed by atoms with E-state index in [-0.39, 0.29) is 30.3 Å². The predicted octanol–water partition coefficient (Wildman–Crippen LogP) is 2.10. The monoisotopic (exact) mass is 337 g/mol. The Balaban J connectivity index is 0.00000192. The smallest absolute Gasteiger partial charge is 0.249 e. The molecule has 2 heterocycles. The third-order valence-electron chi connectivity index (χ3n) is 4.63. The van der Waals surface area contributed by atoms with Gasteiger partial charge in [-0.2, -0.15) is 0 Å². The lowest BCUT2D eigenvalue weighted by atomic mass is 9.87. The van der Waals surface area contributed by atoms with Crippen molar-refractivity contribution >= 4 is 29.9 Å². The zero-order valence-electron chi connectivity index (χ0n) is 13.4. The van der Waals surface area contributed by atoms with E-state index in [4.69, 9.17) is 0 Å². The van der Waals surface area contributed by atoms with Gasteiger partial charge in [-0.1, -0.05) is 6.07 Å². The number of hydrogen-bond donors (Lipinski definition) is 3. The van der Waals surface area contributed by atoms with Crippen molar-refractivity contribution in [2.75, 3.05) is 18.4 Å². The Kier molecular flexibility index (Phi) is 6.02. The first-order chi connectivity index (χ1) is 10.6. The number of imide groups is 1. The first kappa shape index (κ1) is 17.8. The number of benzene rings is 1. The average Bonchev–Trinajstić information content (AvgIpc) is 2.51. The van der Waals surface area contributed by atoms with Crippen LogP contribution in [0.2, 0.25) is 0 Å². The van der Waals surface area contributed by atoms with Crippen molar-refractivity contribution in [2.45, 2.75) is 44.6 Å². The van der Waals surface area contributed by atoms with Crippen molar-refractivity contribution in [3.05, 3.63) is 29.3 Å². The summed E-state index contributed by atoms with van der Waals surface area (Å²) in [7, 11) is 0. The van der Waals surface area contributed by atoms with Gasteiger partial charge in [0.05, 0.1) is 0 Å². The summed E-state index contributed by atoms with van der Waals surface area (Å²) in [5, 5.41) is 9.02. The Hall–Kier alpha value is -1.59. The number of amides is 2. The van der Waals surface area contributed by atoms with Gasteiger partial charge in [0, 0.05) is 12.1 Å². The summed E-state index contributed by atoms with van der Waals surface area (Å²) in [5.74, 6) is 0.225. The first-order valence-corrected chi connectivity index (χ1v) is 8.05. The van der Waals surface area contributed by atoms with Crippen LogP contribution >= 0.6 is 12.4 Å². The van der Waals surface area contributed by atoms with Crippen LogP contribution in [0.4, 0.5) is 5.69 Å². The molecule has 0 spiro atoms. The second-order valence-electron chi connectivity index (χ2n) is 6.24. The van der Waals surface area contributed by atoms with E-state index in [0.717, 1.165) is 18.8 Å². The number of anilines is 1. The lowest BCUT2D eigenvalue weighted by molar-refractivity contribution is -0.133. The predicted molar refractivity (Wildman–Crippen MR) is 93.1 cm³/mol. The Labute approximate surface area is 143 Å². The molecule has 126 valence electrons. The lowest BCUT2D eigenvalue weighted by Gasteiger charge is -2.26. The molecule has 2 aliphatic heterocycles. The maximum absolute atomic E-state index is 11.8. The average molecular weight is 338 g/mol. The summed E-state index contributed by atoms with van der Waals surface area (Å²) in [6.07, 6.45) is 3.32. The molecule has 0 aliphatic carbocycles. The second kappa shape index (κ2) is 7.79. The molecule has 3 rings (SSSR count). The standard InChI is InChI=1S/C17H23N3O2.ClH/c1-11-10-13(19-15-4-5-16(21)20-17(15)22)2-3-14(11)12-6-8-18-9-7-12;/h2-3,10,12,15,18-19H,4-9H2,1H3,(H,20,21,22);1H. The molecule has 1 atom stereocenters. The highest BCUT2D eigenvalue weighted by Crippen LogP contribution is 2.29. The summed E-state index contributed by atoms with van der Waals surface area (Å²) in [6, 6.07) is 6.02. The zero-order chi connectivity index (χ0) is 15.5. The number of carbonyl (C=O) groups excluding carboxylic acids is 2. The van der Waals surface area contributed by atoms with Crippen molar-refractivity contribution in [3.63, 3.8) is 0 Å². The number of carbonyl (C=O) groups is 2. The van der Waals surface area contributed by atoms with E-state index in [1.807, 2.05) is 6.07 Å². The molecule has 0 saturated carbocycles. The molecule has 0 radical (unpaired) electrons. The fourth-order valence-electron chi connectivity index (χ4n) is 3.39.